The first-order valence-electron chi connectivity index (χ1n) is 9.54. The molecule has 0 saturated heterocycles. The number of carbonyl (C=O) groups excluding carboxylic acids is 2. The number of nitrogens with zero attached hydrogens (tertiary/aromatic N) is 1. The molecule has 2 heterocycles. The number of hydrazine groups is 1. The second kappa shape index (κ2) is 7.04. The predicted octanol–water partition coefficient (Wildman–Crippen LogP) is 3.77. The van der Waals surface area contributed by atoms with Gasteiger partial charge in [0.05, 0.1) is 17.5 Å². The number of aromatic nitrogens is 2. The van der Waals surface area contributed by atoms with Crippen LogP contribution in [0.15, 0.2) is 65.1 Å². The summed E-state index contributed by atoms with van der Waals surface area (Å²) in [6, 6.07) is 19.3. The highest BCUT2D eigenvalue weighted by molar-refractivity contribution is 6.09. The minimum absolute atomic E-state index is 0.0126. The van der Waals surface area contributed by atoms with Crippen LogP contribution in [0.5, 0.6) is 0 Å². The molecular weight excluding hydrogens is 380 g/mol. The van der Waals surface area contributed by atoms with E-state index in [1.165, 1.54) is 0 Å². The van der Waals surface area contributed by atoms with Crippen LogP contribution >= 0.6 is 0 Å². The van der Waals surface area contributed by atoms with Gasteiger partial charge in [0.15, 0.2) is 5.76 Å². The Balaban J connectivity index is 1.32. The van der Waals surface area contributed by atoms with Crippen molar-refractivity contribution in [1.29, 1.82) is 0 Å². The SMILES string of the molecule is Cc1c(C(=O)NNC(=O)Cc2nc3ccccc3[nH]2)oc2c1ccc1ccccc12. The van der Waals surface area contributed by atoms with Crippen molar-refractivity contribution in [1.82, 2.24) is 20.8 Å². The van der Waals surface area contributed by atoms with Crippen LogP contribution in [-0.4, -0.2) is 21.8 Å². The number of rotatable bonds is 3. The van der Waals surface area contributed by atoms with Gasteiger partial charge in [0.25, 0.3) is 0 Å². The van der Waals surface area contributed by atoms with E-state index >= 15 is 0 Å². The van der Waals surface area contributed by atoms with Crippen LogP contribution in [0.4, 0.5) is 0 Å². The number of benzene rings is 3. The van der Waals surface area contributed by atoms with Gasteiger partial charge in [-0.2, -0.15) is 0 Å². The van der Waals surface area contributed by atoms with Crippen molar-refractivity contribution in [2.75, 3.05) is 0 Å². The minimum Gasteiger partial charge on any atom is -0.450 e. The highest BCUT2D eigenvalue weighted by Crippen LogP contribution is 2.31. The molecule has 30 heavy (non-hydrogen) atoms. The molecule has 0 aliphatic rings. The van der Waals surface area contributed by atoms with Crippen molar-refractivity contribution >= 4 is 44.6 Å². The molecule has 0 aliphatic carbocycles. The van der Waals surface area contributed by atoms with Gasteiger partial charge in [0.1, 0.15) is 11.4 Å². The van der Waals surface area contributed by atoms with Gasteiger partial charge in [-0.15, -0.1) is 0 Å². The summed E-state index contributed by atoms with van der Waals surface area (Å²) in [5.74, 6) is -0.202. The second-order valence-electron chi connectivity index (χ2n) is 7.10. The van der Waals surface area contributed by atoms with Crippen molar-refractivity contribution in [3.05, 3.63) is 77.8 Å². The van der Waals surface area contributed by atoms with Crippen LogP contribution in [-0.2, 0) is 11.2 Å². The van der Waals surface area contributed by atoms with Gasteiger partial charge in [0, 0.05) is 16.3 Å². The van der Waals surface area contributed by atoms with Gasteiger partial charge < -0.3 is 9.40 Å². The van der Waals surface area contributed by atoms with Crippen LogP contribution in [0, 0.1) is 6.92 Å². The van der Waals surface area contributed by atoms with E-state index in [9.17, 15) is 9.59 Å². The number of imidazole rings is 1. The second-order valence-corrected chi connectivity index (χ2v) is 7.10. The number of hydrogen-bond acceptors (Lipinski definition) is 4. The Morgan fingerprint density at radius 2 is 1.77 bits per heavy atom. The summed E-state index contributed by atoms with van der Waals surface area (Å²) >= 11 is 0. The van der Waals surface area contributed by atoms with E-state index in [0.717, 1.165) is 32.8 Å². The molecule has 0 radical (unpaired) electrons. The number of para-hydroxylation sites is 2. The molecule has 5 rings (SSSR count). The van der Waals surface area contributed by atoms with E-state index in [0.29, 0.717) is 11.4 Å². The Hall–Kier alpha value is -4.13. The highest BCUT2D eigenvalue weighted by atomic mass is 16.3. The van der Waals surface area contributed by atoms with Crippen molar-refractivity contribution in [3.8, 4) is 0 Å². The number of amides is 2. The molecule has 2 amide bonds. The van der Waals surface area contributed by atoms with Crippen LogP contribution in [0.25, 0.3) is 32.8 Å². The molecule has 7 heteroatoms. The molecule has 0 spiro atoms. The van der Waals surface area contributed by atoms with Gasteiger partial charge in [0.2, 0.25) is 5.91 Å². The van der Waals surface area contributed by atoms with E-state index in [2.05, 4.69) is 20.8 Å². The first-order valence-corrected chi connectivity index (χ1v) is 9.54. The summed E-state index contributed by atoms with van der Waals surface area (Å²) in [6.45, 7) is 1.83. The Bertz CT molecular complexity index is 1400. The summed E-state index contributed by atoms with van der Waals surface area (Å²) in [5.41, 5.74) is 7.87. The zero-order valence-corrected chi connectivity index (χ0v) is 16.2. The first-order chi connectivity index (χ1) is 14.6. The minimum atomic E-state index is -0.509. The number of hydrogen-bond donors (Lipinski definition) is 3. The molecule has 0 fully saturated rings. The third-order valence-electron chi connectivity index (χ3n) is 5.12. The molecule has 0 saturated carbocycles. The number of nitrogens with one attached hydrogen (secondary N) is 3. The zero-order valence-electron chi connectivity index (χ0n) is 16.2. The predicted molar refractivity (Wildman–Crippen MR) is 114 cm³/mol. The number of H-pyrrole nitrogens is 1. The lowest BCUT2D eigenvalue weighted by Gasteiger charge is -2.05. The highest BCUT2D eigenvalue weighted by Gasteiger charge is 2.19. The molecular formula is C23H18N4O3. The quantitative estimate of drug-likeness (QED) is 0.403. The maximum absolute atomic E-state index is 12.6. The standard InChI is InChI=1S/C23H18N4O3/c1-13-15-11-10-14-6-2-3-7-16(14)22(15)30-21(13)23(29)27-26-20(28)12-19-24-17-8-4-5-9-18(17)25-19/h2-11H,12H2,1H3,(H,24,25)(H,26,28)(H,27,29). The molecule has 3 N–H and O–H groups in total. The van der Waals surface area contributed by atoms with Gasteiger partial charge in [-0.1, -0.05) is 48.5 Å². The number of fused-ring (bicyclic) bond motifs is 4. The third-order valence-corrected chi connectivity index (χ3v) is 5.12. The number of aromatic amines is 1. The van der Waals surface area contributed by atoms with E-state index in [-0.39, 0.29) is 18.1 Å². The fourth-order valence-electron chi connectivity index (χ4n) is 3.63. The van der Waals surface area contributed by atoms with Gasteiger partial charge in [-0.25, -0.2) is 4.98 Å². The van der Waals surface area contributed by atoms with Gasteiger partial charge in [-0.05, 0) is 24.4 Å². The number of carbonyl (C=O) groups is 2. The fraction of sp³-hybridized carbons (Fsp3) is 0.0870. The molecule has 0 unspecified atom stereocenters. The molecule has 7 nitrogen and oxygen atoms in total. The van der Waals surface area contributed by atoms with Crippen LogP contribution in [0.1, 0.15) is 21.9 Å². The molecule has 0 bridgehead atoms. The fourth-order valence-corrected chi connectivity index (χ4v) is 3.63. The van der Waals surface area contributed by atoms with Crippen LogP contribution in [0.3, 0.4) is 0 Å². The summed E-state index contributed by atoms with van der Waals surface area (Å²) in [6.07, 6.45) is 0.0126. The van der Waals surface area contributed by atoms with Crippen molar-refractivity contribution in [2.24, 2.45) is 0 Å². The lowest BCUT2D eigenvalue weighted by molar-refractivity contribution is -0.121. The van der Waals surface area contributed by atoms with E-state index in [1.807, 2.05) is 67.6 Å². The molecule has 0 aliphatic heterocycles. The average Bonchev–Trinajstić information content (AvgIpc) is 3.32. The molecule has 3 aromatic carbocycles. The maximum Gasteiger partial charge on any atom is 0.305 e. The summed E-state index contributed by atoms with van der Waals surface area (Å²) in [7, 11) is 0. The van der Waals surface area contributed by atoms with E-state index < -0.39 is 5.91 Å². The smallest absolute Gasteiger partial charge is 0.305 e. The third kappa shape index (κ3) is 3.06. The van der Waals surface area contributed by atoms with Crippen molar-refractivity contribution in [3.63, 3.8) is 0 Å². The van der Waals surface area contributed by atoms with Crippen molar-refractivity contribution < 1.29 is 14.0 Å². The Labute approximate surface area is 171 Å². The monoisotopic (exact) mass is 398 g/mol. The van der Waals surface area contributed by atoms with Gasteiger partial charge >= 0.3 is 5.91 Å². The van der Waals surface area contributed by atoms with Crippen LogP contribution < -0.4 is 10.9 Å². The Morgan fingerprint density at radius 1 is 0.967 bits per heavy atom. The molecule has 2 aromatic heterocycles. The topological polar surface area (TPSA) is 100 Å². The average molecular weight is 398 g/mol. The largest absolute Gasteiger partial charge is 0.450 e. The number of furan rings is 1. The van der Waals surface area contributed by atoms with Crippen molar-refractivity contribution in [2.45, 2.75) is 13.3 Å². The zero-order chi connectivity index (χ0) is 20.7. The first kappa shape index (κ1) is 17.9. The lowest BCUT2D eigenvalue weighted by Crippen LogP contribution is -2.42. The van der Waals surface area contributed by atoms with E-state index in [1.54, 1.807) is 0 Å². The maximum atomic E-state index is 12.6. The summed E-state index contributed by atoms with van der Waals surface area (Å²) in [5, 5.41) is 2.84. The molecule has 148 valence electrons. The number of aryl methyl sites for hydroxylation is 1. The Morgan fingerprint density at radius 3 is 2.63 bits per heavy atom. The lowest BCUT2D eigenvalue weighted by atomic mass is 10.1. The summed E-state index contributed by atoms with van der Waals surface area (Å²) in [4.78, 5) is 32.3. The van der Waals surface area contributed by atoms with Gasteiger partial charge in [-0.3, -0.25) is 20.4 Å². The van der Waals surface area contributed by atoms with E-state index in [4.69, 9.17) is 4.42 Å². The molecule has 5 aromatic rings. The Kier molecular flexibility index (Phi) is 4.21. The molecule has 0 atom stereocenters. The summed E-state index contributed by atoms with van der Waals surface area (Å²) < 4.78 is 5.88. The van der Waals surface area contributed by atoms with Crippen LogP contribution in [0.2, 0.25) is 0 Å². The normalized spacial score (nSPS) is 11.2.